The molecule has 0 amide bonds. The van der Waals surface area contributed by atoms with E-state index >= 15 is 0 Å². The zero-order chi connectivity index (χ0) is 13.7. The van der Waals surface area contributed by atoms with Gasteiger partial charge in [-0.15, -0.1) is 11.8 Å². The van der Waals surface area contributed by atoms with Crippen molar-refractivity contribution in [1.82, 2.24) is 0 Å². The number of ether oxygens (including phenoxy) is 2. The Bertz CT molecular complexity index is 411. The number of anilines is 1. The number of benzene rings is 1. The Hall–Kier alpha value is -0.870. The SMILES string of the molecule is CCOc1ccc(N)c(SC2CCCC(OC)C2)c1. The number of nitrogen functional groups attached to an aromatic ring is 1. The fourth-order valence-electron chi connectivity index (χ4n) is 2.48. The van der Waals surface area contributed by atoms with Gasteiger partial charge < -0.3 is 15.2 Å². The van der Waals surface area contributed by atoms with Gasteiger partial charge >= 0.3 is 0 Å². The smallest absolute Gasteiger partial charge is 0.120 e. The average Bonchev–Trinajstić information content (AvgIpc) is 2.43. The highest BCUT2D eigenvalue weighted by Gasteiger charge is 2.23. The molecule has 1 aliphatic rings. The van der Waals surface area contributed by atoms with Crippen molar-refractivity contribution in [3.05, 3.63) is 18.2 Å². The van der Waals surface area contributed by atoms with Crippen LogP contribution in [0.5, 0.6) is 5.75 Å². The maximum absolute atomic E-state index is 6.06. The molecule has 19 heavy (non-hydrogen) atoms. The summed E-state index contributed by atoms with van der Waals surface area (Å²) >= 11 is 1.87. The Kier molecular flexibility index (Phi) is 5.40. The fraction of sp³-hybridized carbons (Fsp3) is 0.600. The molecule has 1 saturated carbocycles. The zero-order valence-corrected chi connectivity index (χ0v) is 12.5. The normalized spacial score (nSPS) is 23.3. The Balaban J connectivity index is 2.03. The molecule has 3 nitrogen and oxygen atoms in total. The maximum atomic E-state index is 6.06. The maximum Gasteiger partial charge on any atom is 0.120 e. The van der Waals surface area contributed by atoms with E-state index in [-0.39, 0.29) is 0 Å². The molecule has 2 unspecified atom stereocenters. The van der Waals surface area contributed by atoms with E-state index in [1.54, 1.807) is 0 Å². The van der Waals surface area contributed by atoms with Crippen molar-refractivity contribution in [2.75, 3.05) is 19.5 Å². The molecule has 1 fully saturated rings. The molecule has 1 aliphatic carbocycles. The largest absolute Gasteiger partial charge is 0.494 e. The lowest BCUT2D eigenvalue weighted by atomic mass is 9.97. The molecule has 0 bridgehead atoms. The molecule has 0 saturated heterocycles. The summed E-state index contributed by atoms with van der Waals surface area (Å²) in [5.41, 5.74) is 6.90. The molecule has 0 heterocycles. The highest BCUT2D eigenvalue weighted by molar-refractivity contribution is 8.00. The van der Waals surface area contributed by atoms with Gasteiger partial charge in [-0.05, 0) is 50.8 Å². The van der Waals surface area contributed by atoms with Gasteiger partial charge in [0.15, 0.2) is 0 Å². The van der Waals surface area contributed by atoms with Gasteiger partial charge in [-0.2, -0.15) is 0 Å². The van der Waals surface area contributed by atoms with Gasteiger partial charge in [0, 0.05) is 22.9 Å². The minimum atomic E-state index is 0.405. The minimum Gasteiger partial charge on any atom is -0.494 e. The van der Waals surface area contributed by atoms with E-state index in [0.717, 1.165) is 22.8 Å². The Labute approximate surface area is 119 Å². The van der Waals surface area contributed by atoms with Crippen molar-refractivity contribution in [2.45, 2.75) is 48.9 Å². The predicted octanol–water partition coefficient (Wildman–Crippen LogP) is 3.72. The second-order valence-corrected chi connectivity index (χ2v) is 6.24. The van der Waals surface area contributed by atoms with Crippen LogP contribution in [0, 0.1) is 0 Å². The molecular weight excluding hydrogens is 258 g/mol. The summed E-state index contributed by atoms with van der Waals surface area (Å²) in [6.45, 7) is 2.68. The van der Waals surface area contributed by atoms with Crippen LogP contribution in [0.4, 0.5) is 5.69 Å². The molecule has 106 valence electrons. The molecule has 1 aromatic rings. The number of methoxy groups -OCH3 is 1. The third kappa shape index (κ3) is 4.05. The van der Waals surface area contributed by atoms with E-state index in [4.69, 9.17) is 15.2 Å². The molecule has 2 rings (SSSR count). The molecule has 2 atom stereocenters. The number of hydrogen-bond acceptors (Lipinski definition) is 4. The van der Waals surface area contributed by atoms with Crippen molar-refractivity contribution in [2.24, 2.45) is 0 Å². The molecule has 4 heteroatoms. The summed E-state index contributed by atoms with van der Waals surface area (Å²) < 4.78 is 11.0. The lowest BCUT2D eigenvalue weighted by Gasteiger charge is -2.28. The molecule has 0 aromatic heterocycles. The van der Waals surface area contributed by atoms with Crippen molar-refractivity contribution < 1.29 is 9.47 Å². The minimum absolute atomic E-state index is 0.405. The number of thioether (sulfide) groups is 1. The molecule has 0 spiro atoms. The van der Waals surface area contributed by atoms with Crippen molar-refractivity contribution >= 4 is 17.4 Å². The number of nitrogens with two attached hydrogens (primary N) is 1. The summed E-state index contributed by atoms with van der Waals surface area (Å²) in [6.07, 6.45) is 5.17. The van der Waals surface area contributed by atoms with Gasteiger partial charge in [-0.1, -0.05) is 0 Å². The average molecular weight is 281 g/mol. The van der Waals surface area contributed by atoms with Crippen LogP contribution in [0.25, 0.3) is 0 Å². The Morgan fingerprint density at radius 2 is 2.21 bits per heavy atom. The highest BCUT2D eigenvalue weighted by Crippen LogP contribution is 2.38. The lowest BCUT2D eigenvalue weighted by molar-refractivity contribution is 0.0730. The van der Waals surface area contributed by atoms with Gasteiger partial charge in [0.1, 0.15) is 5.75 Å². The number of rotatable bonds is 5. The molecule has 2 N–H and O–H groups in total. The first-order chi connectivity index (χ1) is 9.22. The summed E-state index contributed by atoms with van der Waals surface area (Å²) in [7, 11) is 1.81. The van der Waals surface area contributed by atoms with Crippen LogP contribution in [0.15, 0.2) is 23.1 Å². The first kappa shape index (κ1) is 14.5. The van der Waals surface area contributed by atoms with Crippen LogP contribution in [0.3, 0.4) is 0 Å². The summed E-state index contributed by atoms with van der Waals surface area (Å²) in [5, 5.41) is 0.595. The van der Waals surface area contributed by atoms with Crippen LogP contribution in [-0.4, -0.2) is 25.1 Å². The van der Waals surface area contributed by atoms with E-state index in [1.807, 2.05) is 37.9 Å². The number of hydrogen-bond donors (Lipinski definition) is 1. The van der Waals surface area contributed by atoms with Crippen molar-refractivity contribution in [3.63, 3.8) is 0 Å². The van der Waals surface area contributed by atoms with Crippen LogP contribution in [-0.2, 0) is 4.74 Å². The monoisotopic (exact) mass is 281 g/mol. The van der Waals surface area contributed by atoms with Gasteiger partial charge in [0.05, 0.1) is 12.7 Å². The van der Waals surface area contributed by atoms with Gasteiger partial charge in [0.25, 0.3) is 0 Å². The molecular formula is C15H23NO2S. The standard InChI is InChI=1S/C15H23NO2S/c1-3-18-12-7-8-14(16)15(10-12)19-13-6-4-5-11(9-13)17-2/h7-8,10-11,13H,3-6,9,16H2,1-2H3. The second kappa shape index (κ2) is 7.06. The van der Waals surface area contributed by atoms with Gasteiger partial charge in [-0.3, -0.25) is 0 Å². The summed E-state index contributed by atoms with van der Waals surface area (Å²) in [5.74, 6) is 0.901. The van der Waals surface area contributed by atoms with Gasteiger partial charge in [-0.25, -0.2) is 0 Å². The molecule has 1 aromatic carbocycles. The quantitative estimate of drug-likeness (QED) is 0.836. The van der Waals surface area contributed by atoms with E-state index in [1.165, 1.54) is 19.3 Å². The zero-order valence-electron chi connectivity index (χ0n) is 11.7. The van der Waals surface area contributed by atoms with E-state index in [2.05, 4.69) is 6.07 Å². The Morgan fingerprint density at radius 3 is 2.95 bits per heavy atom. The third-order valence-electron chi connectivity index (χ3n) is 3.50. The fourth-order valence-corrected chi connectivity index (χ4v) is 3.82. The van der Waals surface area contributed by atoms with E-state index in [9.17, 15) is 0 Å². The lowest BCUT2D eigenvalue weighted by Crippen LogP contribution is -2.23. The van der Waals surface area contributed by atoms with Crippen LogP contribution in [0.1, 0.15) is 32.6 Å². The van der Waals surface area contributed by atoms with Crippen LogP contribution in [0.2, 0.25) is 0 Å². The first-order valence-electron chi connectivity index (χ1n) is 6.94. The summed E-state index contributed by atoms with van der Waals surface area (Å²) in [4.78, 5) is 1.13. The first-order valence-corrected chi connectivity index (χ1v) is 7.82. The van der Waals surface area contributed by atoms with E-state index < -0.39 is 0 Å². The van der Waals surface area contributed by atoms with Crippen LogP contribution < -0.4 is 10.5 Å². The second-order valence-electron chi connectivity index (χ2n) is 4.90. The molecule has 0 aliphatic heterocycles. The highest BCUT2D eigenvalue weighted by atomic mass is 32.2. The van der Waals surface area contributed by atoms with Crippen molar-refractivity contribution in [3.8, 4) is 5.75 Å². The van der Waals surface area contributed by atoms with Crippen LogP contribution >= 0.6 is 11.8 Å². The summed E-state index contributed by atoms with van der Waals surface area (Å²) in [6, 6.07) is 5.92. The third-order valence-corrected chi connectivity index (χ3v) is 4.87. The molecule has 0 radical (unpaired) electrons. The topological polar surface area (TPSA) is 44.5 Å². The van der Waals surface area contributed by atoms with Gasteiger partial charge in [0.2, 0.25) is 0 Å². The predicted molar refractivity (Wildman–Crippen MR) is 80.9 cm³/mol. The van der Waals surface area contributed by atoms with E-state index in [0.29, 0.717) is 18.0 Å². The van der Waals surface area contributed by atoms with Crippen molar-refractivity contribution in [1.29, 1.82) is 0 Å². The Morgan fingerprint density at radius 1 is 1.37 bits per heavy atom.